The van der Waals surface area contributed by atoms with Crippen LogP contribution in [-0.2, 0) is 6.54 Å². The third-order valence-corrected chi connectivity index (χ3v) is 2.11. The van der Waals surface area contributed by atoms with Gasteiger partial charge in [0.1, 0.15) is 0 Å². The van der Waals surface area contributed by atoms with Gasteiger partial charge in [0.15, 0.2) is 0 Å². The topological polar surface area (TPSA) is 37.8 Å². The maximum atomic E-state index is 3.92. The summed E-state index contributed by atoms with van der Waals surface area (Å²) in [5.41, 5.74) is 1.07. The van der Waals surface area contributed by atoms with Gasteiger partial charge in [-0.15, -0.1) is 5.10 Å². The second-order valence-electron chi connectivity index (χ2n) is 2.55. The smallest absolute Gasteiger partial charge is 0.0893 e. The van der Waals surface area contributed by atoms with E-state index in [0.29, 0.717) is 0 Å². The highest BCUT2D eigenvalue weighted by molar-refractivity contribution is 7.03. The molecule has 0 saturated heterocycles. The largest absolute Gasteiger partial charge is 0.308 e. The Bertz CT molecular complexity index is 193. The molecule has 3 nitrogen and oxygen atoms in total. The Morgan fingerprint density at radius 2 is 2.60 bits per heavy atom. The first kappa shape index (κ1) is 6.24. The molecule has 0 radical (unpaired) electrons. The Labute approximate surface area is 63.6 Å². The summed E-state index contributed by atoms with van der Waals surface area (Å²) in [5, 5.41) is 9.27. The van der Waals surface area contributed by atoms with Crippen molar-refractivity contribution in [3.8, 4) is 0 Å². The van der Waals surface area contributed by atoms with E-state index in [9.17, 15) is 0 Å². The predicted molar refractivity (Wildman–Crippen MR) is 39.8 cm³/mol. The Balaban J connectivity index is 1.79. The second-order valence-corrected chi connectivity index (χ2v) is 3.16. The van der Waals surface area contributed by atoms with Gasteiger partial charge in [-0.05, 0) is 24.4 Å². The third-order valence-electron chi connectivity index (χ3n) is 1.55. The lowest BCUT2D eigenvalue weighted by Gasteiger charge is -1.95. The molecule has 0 unspecified atom stereocenters. The van der Waals surface area contributed by atoms with Crippen LogP contribution in [0.4, 0.5) is 0 Å². The van der Waals surface area contributed by atoms with Crippen molar-refractivity contribution >= 4 is 11.5 Å². The number of hydrogen-bond acceptors (Lipinski definition) is 4. The van der Waals surface area contributed by atoms with Crippen molar-refractivity contribution < 1.29 is 0 Å². The molecule has 0 aromatic carbocycles. The summed E-state index contributed by atoms with van der Waals surface area (Å²) in [6, 6.07) is 0.765. The summed E-state index contributed by atoms with van der Waals surface area (Å²) >= 11 is 1.41. The highest BCUT2D eigenvalue weighted by atomic mass is 32.1. The maximum absolute atomic E-state index is 3.92. The predicted octanol–water partition coefficient (Wildman–Crippen LogP) is 0.790. The normalized spacial score (nSPS) is 17.6. The molecular formula is C6H9N3S. The van der Waals surface area contributed by atoms with Gasteiger partial charge in [-0.2, -0.15) is 0 Å². The summed E-state index contributed by atoms with van der Waals surface area (Å²) in [7, 11) is 0. The molecule has 0 aliphatic heterocycles. The quantitative estimate of drug-likeness (QED) is 0.701. The molecule has 1 fully saturated rings. The van der Waals surface area contributed by atoms with Crippen LogP contribution >= 0.6 is 11.5 Å². The van der Waals surface area contributed by atoms with Gasteiger partial charge >= 0.3 is 0 Å². The molecule has 1 aliphatic rings. The van der Waals surface area contributed by atoms with Crippen LogP contribution in [0, 0.1) is 0 Å². The molecular weight excluding hydrogens is 146 g/mol. The van der Waals surface area contributed by atoms with E-state index in [1.807, 2.05) is 5.38 Å². The molecule has 0 atom stereocenters. The summed E-state index contributed by atoms with van der Waals surface area (Å²) in [6.45, 7) is 0.890. The van der Waals surface area contributed by atoms with Crippen LogP contribution in [-0.4, -0.2) is 15.6 Å². The van der Waals surface area contributed by atoms with E-state index in [1.165, 1.54) is 24.4 Å². The van der Waals surface area contributed by atoms with Crippen molar-refractivity contribution in [3.05, 3.63) is 11.1 Å². The molecule has 1 aromatic rings. The number of aromatic nitrogens is 2. The number of hydrogen-bond donors (Lipinski definition) is 1. The maximum Gasteiger partial charge on any atom is 0.0893 e. The van der Waals surface area contributed by atoms with E-state index < -0.39 is 0 Å². The van der Waals surface area contributed by atoms with Crippen molar-refractivity contribution in [3.63, 3.8) is 0 Å². The van der Waals surface area contributed by atoms with Crippen LogP contribution in [0.3, 0.4) is 0 Å². The molecule has 0 amide bonds. The van der Waals surface area contributed by atoms with Gasteiger partial charge in [-0.3, -0.25) is 0 Å². The zero-order chi connectivity index (χ0) is 6.81. The van der Waals surface area contributed by atoms with Gasteiger partial charge in [0.05, 0.1) is 5.69 Å². The Morgan fingerprint density at radius 3 is 3.20 bits per heavy atom. The fourth-order valence-corrected chi connectivity index (χ4v) is 1.25. The van der Waals surface area contributed by atoms with E-state index in [0.717, 1.165) is 18.3 Å². The fourth-order valence-electron chi connectivity index (χ4n) is 0.797. The van der Waals surface area contributed by atoms with E-state index in [4.69, 9.17) is 0 Å². The summed E-state index contributed by atoms with van der Waals surface area (Å²) in [5.74, 6) is 0. The molecule has 54 valence electrons. The lowest BCUT2D eigenvalue weighted by atomic mass is 10.5. The second kappa shape index (κ2) is 2.64. The fraction of sp³-hybridized carbons (Fsp3) is 0.667. The van der Waals surface area contributed by atoms with Crippen LogP contribution in [0.5, 0.6) is 0 Å². The van der Waals surface area contributed by atoms with E-state index >= 15 is 0 Å². The Kier molecular flexibility index (Phi) is 1.65. The zero-order valence-electron chi connectivity index (χ0n) is 5.58. The SMILES string of the molecule is c1snnc1CNC1CC1. The van der Waals surface area contributed by atoms with Crippen LogP contribution in [0.1, 0.15) is 18.5 Å². The van der Waals surface area contributed by atoms with Crippen LogP contribution < -0.4 is 5.32 Å². The first-order valence-electron chi connectivity index (χ1n) is 3.44. The van der Waals surface area contributed by atoms with E-state index in [1.54, 1.807) is 0 Å². The number of rotatable bonds is 3. The minimum atomic E-state index is 0.765. The van der Waals surface area contributed by atoms with Crippen molar-refractivity contribution in [2.24, 2.45) is 0 Å². The molecule has 4 heteroatoms. The minimum absolute atomic E-state index is 0.765. The van der Waals surface area contributed by atoms with Gasteiger partial charge in [0, 0.05) is 18.0 Å². The minimum Gasteiger partial charge on any atom is -0.308 e. The first-order valence-corrected chi connectivity index (χ1v) is 4.28. The van der Waals surface area contributed by atoms with Gasteiger partial charge in [-0.25, -0.2) is 0 Å². The van der Waals surface area contributed by atoms with Gasteiger partial charge in [0.25, 0.3) is 0 Å². The van der Waals surface area contributed by atoms with E-state index in [-0.39, 0.29) is 0 Å². The molecule has 1 aromatic heterocycles. The Hall–Kier alpha value is -0.480. The molecule has 2 rings (SSSR count). The van der Waals surface area contributed by atoms with Crippen molar-refractivity contribution in [2.75, 3.05) is 0 Å². The van der Waals surface area contributed by atoms with Crippen molar-refractivity contribution in [2.45, 2.75) is 25.4 Å². The summed E-state index contributed by atoms with van der Waals surface area (Å²) in [4.78, 5) is 0. The summed E-state index contributed by atoms with van der Waals surface area (Å²) < 4.78 is 3.77. The van der Waals surface area contributed by atoms with Crippen LogP contribution in [0.15, 0.2) is 5.38 Å². The Morgan fingerprint density at radius 1 is 1.70 bits per heavy atom. The average Bonchev–Trinajstić information content (AvgIpc) is 2.63. The molecule has 1 aliphatic carbocycles. The monoisotopic (exact) mass is 155 g/mol. The molecule has 0 bridgehead atoms. The molecule has 1 heterocycles. The van der Waals surface area contributed by atoms with Gasteiger partial charge in [0.2, 0.25) is 0 Å². The molecule has 1 N–H and O–H groups in total. The first-order chi connectivity index (χ1) is 4.95. The van der Waals surface area contributed by atoms with Crippen LogP contribution in [0.2, 0.25) is 0 Å². The van der Waals surface area contributed by atoms with E-state index in [2.05, 4.69) is 14.9 Å². The highest BCUT2D eigenvalue weighted by Crippen LogP contribution is 2.18. The number of nitrogens with zero attached hydrogens (tertiary/aromatic N) is 2. The lowest BCUT2D eigenvalue weighted by molar-refractivity contribution is 0.672. The molecule has 0 spiro atoms. The van der Waals surface area contributed by atoms with Crippen LogP contribution in [0.25, 0.3) is 0 Å². The zero-order valence-corrected chi connectivity index (χ0v) is 6.40. The highest BCUT2D eigenvalue weighted by Gasteiger charge is 2.20. The van der Waals surface area contributed by atoms with Gasteiger partial charge < -0.3 is 5.32 Å². The molecule has 1 saturated carbocycles. The third kappa shape index (κ3) is 1.52. The number of nitrogens with one attached hydrogen (secondary N) is 1. The lowest BCUT2D eigenvalue weighted by Crippen LogP contribution is -2.15. The molecule has 10 heavy (non-hydrogen) atoms. The standard InChI is InChI=1S/C6H9N3S/c1-2-5(1)7-3-6-4-10-9-8-6/h4-5,7H,1-3H2. The van der Waals surface area contributed by atoms with Gasteiger partial charge in [-0.1, -0.05) is 4.49 Å². The van der Waals surface area contributed by atoms with Crippen molar-refractivity contribution in [1.82, 2.24) is 14.9 Å². The average molecular weight is 155 g/mol. The summed E-state index contributed by atoms with van der Waals surface area (Å²) in [6.07, 6.45) is 2.66. The van der Waals surface area contributed by atoms with Crippen molar-refractivity contribution in [1.29, 1.82) is 0 Å².